The van der Waals surface area contributed by atoms with Crippen LogP contribution < -0.4 is 10.2 Å². The molecule has 1 N–H and O–H groups in total. The number of piperidine rings is 1. The van der Waals surface area contributed by atoms with Crippen molar-refractivity contribution in [2.75, 3.05) is 18.0 Å². The summed E-state index contributed by atoms with van der Waals surface area (Å²) < 4.78 is 0. The zero-order valence-electron chi connectivity index (χ0n) is 13.0. The lowest BCUT2D eigenvalue weighted by atomic mass is 10.1. The number of nitro groups is 1. The smallest absolute Gasteiger partial charge is 0.290 e. The van der Waals surface area contributed by atoms with Gasteiger partial charge in [0.25, 0.3) is 5.69 Å². The molecule has 7 nitrogen and oxygen atoms in total. The van der Waals surface area contributed by atoms with Crippen molar-refractivity contribution in [1.82, 2.24) is 10.3 Å². The van der Waals surface area contributed by atoms with Gasteiger partial charge in [-0.05, 0) is 32.3 Å². The maximum Gasteiger partial charge on any atom is 0.290 e. The van der Waals surface area contributed by atoms with Gasteiger partial charge in [-0.15, -0.1) is 0 Å². The number of aromatic nitrogens is 1. The molecule has 1 fully saturated rings. The van der Waals surface area contributed by atoms with E-state index in [4.69, 9.17) is 0 Å². The summed E-state index contributed by atoms with van der Waals surface area (Å²) in [4.78, 5) is 28.4. The molecule has 0 aliphatic carbocycles. The molecule has 7 heteroatoms. The lowest BCUT2D eigenvalue weighted by molar-refractivity contribution is -0.385. The minimum atomic E-state index is -0.421. The Labute approximate surface area is 129 Å². The quantitative estimate of drug-likeness (QED) is 0.665. The Morgan fingerprint density at radius 1 is 1.59 bits per heavy atom. The van der Waals surface area contributed by atoms with Crippen molar-refractivity contribution in [3.8, 4) is 0 Å². The Bertz CT molecular complexity index is 562. The molecule has 1 aliphatic rings. The van der Waals surface area contributed by atoms with E-state index in [2.05, 4.69) is 15.2 Å². The lowest BCUT2D eigenvalue weighted by Gasteiger charge is -2.34. The standard InChI is InChI=1S/C15H22N4O3/c1-3-5-15(20)17-12-6-4-7-18(10-12)14-8-11(2)13(9-16-14)19(21)22/h8-9,12H,3-7,10H2,1-2H3,(H,17,20). The first-order valence-electron chi connectivity index (χ1n) is 7.66. The van der Waals surface area contributed by atoms with E-state index in [1.165, 1.54) is 6.20 Å². The van der Waals surface area contributed by atoms with Gasteiger partial charge in [0.2, 0.25) is 5.91 Å². The van der Waals surface area contributed by atoms with Crippen LogP contribution >= 0.6 is 0 Å². The molecule has 0 spiro atoms. The molecule has 1 saturated heterocycles. The molecule has 22 heavy (non-hydrogen) atoms. The second-order valence-electron chi connectivity index (χ2n) is 5.69. The summed E-state index contributed by atoms with van der Waals surface area (Å²) in [6.45, 7) is 5.24. The summed E-state index contributed by atoms with van der Waals surface area (Å²) in [5.74, 6) is 0.819. The highest BCUT2D eigenvalue weighted by atomic mass is 16.6. The van der Waals surface area contributed by atoms with Crippen molar-refractivity contribution in [3.05, 3.63) is 27.9 Å². The Balaban J connectivity index is 2.04. The first kappa shape index (κ1) is 16.2. The molecule has 1 aliphatic heterocycles. The van der Waals surface area contributed by atoms with E-state index in [0.717, 1.165) is 31.6 Å². The molecule has 1 aromatic heterocycles. The van der Waals surface area contributed by atoms with Crippen LogP contribution in [0, 0.1) is 17.0 Å². The van der Waals surface area contributed by atoms with Crippen LogP contribution in [-0.4, -0.2) is 34.9 Å². The summed E-state index contributed by atoms with van der Waals surface area (Å²) in [6.07, 6.45) is 4.62. The van der Waals surface area contributed by atoms with E-state index < -0.39 is 4.92 Å². The van der Waals surface area contributed by atoms with Gasteiger partial charge < -0.3 is 10.2 Å². The minimum Gasteiger partial charge on any atom is -0.355 e. The van der Waals surface area contributed by atoms with Crippen LogP contribution in [0.4, 0.5) is 11.5 Å². The van der Waals surface area contributed by atoms with Gasteiger partial charge in [-0.2, -0.15) is 0 Å². The van der Waals surface area contributed by atoms with Gasteiger partial charge >= 0.3 is 0 Å². The number of rotatable bonds is 5. The minimum absolute atomic E-state index is 0.0357. The highest BCUT2D eigenvalue weighted by molar-refractivity contribution is 5.76. The van der Waals surface area contributed by atoms with Crippen LogP contribution in [0.5, 0.6) is 0 Å². The van der Waals surface area contributed by atoms with Gasteiger partial charge in [-0.25, -0.2) is 4.98 Å². The molecule has 0 saturated carbocycles. The predicted molar refractivity (Wildman–Crippen MR) is 83.9 cm³/mol. The third-order valence-corrected chi connectivity index (χ3v) is 3.85. The largest absolute Gasteiger partial charge is 0.355 e. The SMILES string of the molecule is CCCC(=O)NC1CCCN(c2cc(C)c([N+](=O)[O-])cn2)C1. The number of amides is 1. The van der Waals surface area contributed by atoms with E-state index in [1.54, 1.807) is 13.0 Å². The number of aryl methyl sites for hydroxylation is 1. The van der Waals surface area contributed by atoms with Crippen LogP contribution in [0.2, 0.25) is 0 Å². The van der Waals surface area contributed by atoms with Crippen molar-refractivity contribution in [2.24, 2.45) is 0 Å². The zero-order valence-corrected chi connectivity index (χ0v) is 13.0. The molecular formula is C15H22N4O3. The number of anilines is 1. The van der Waals surface area contributed by atoms with Crippen molar-refractivity contribution >= 4 is 17.4 Å². The van der Waals surface area contributed by atoms with Gasteiger partial charge in [-0.1, -0.05) is 6.92 Å². The summed E-state index contributed by atoms with van der Waals surface area (Å²) in [5.41, 5.74) is 0.640. The molecule has 1 amide bonds. The molecule has 1 aromatic rings. The fourth-order valence-electron chi connectivity index (χ4n) is 2.73. The van der Waals surface area contributed by atoms with E-state index in [-0.39, 0.29) is 17.6 Å². The fourth-order valence-corrected chi connectivity index (χ4v) is 2.73. The first-order chi connectivity index (χ1) is 10.5. The maximum absolute atomic E-state index is 11.7. The normalized spacial score (nSPS) is 18.1. The number of nitrogens with zero attached hydrogens (tertiary/aromatic N) is 3. The Morgan fingerprint density at radius 3 is 3.00 bits per heavy atom. The number of carbonyl (C=O) groups is 1. The first-order valence-corrected chi connectivity index (χ1v) is 7.66. The monoisotopic (exact) mass is 306 g/mol. The van der Waals surface area contributed by atoms with E-state index in [1.807, 2.05) is 6.92 Å². The molecule has 1 unspecified atom stereocenters. The average molecular weight is 306 g/mol. The Kier molecular flexibility index (Phi) is 5.30. The van der Waals surface area contributed by atoms with Crippen molar-refractivity contribution in [3.63, 3.8) is 0 Å². The van der Waals surface area contributed by atoms with Gasteiger partial charge in [0.05, 0.1) is 4.92 Å². The van der Waals surface area contributed by atoms with E-state index >= 15 is 0 Å². The van der Waals surface area contributed by atoms with Crippen LogP contribution in [0.1, 0.15) is 38.2 Å². The van der Waals surface area contributed by atoms with Gasteiger partial charge in [-0.3, -0.25) is 14.9 Å². The number of pyridine rings is 1. The predicted octanol–water partition coefficient (Wildman–Crippen LogP) is 2.18. The second-order valence-corrected chi connectivity index (χ2v) is 5.69. The molecule has 1 atom stereocenters. The number of hydrogen-bond acceptors (Lipinski definition) is 5. The molecule has 0 radical (unpaired) electrons. The van der Waals surface area contributed by atoms with Gasteiger partial charge in [0.1, 0.15) is 12.0 Å². The Morgan fingerprint density at radius 2 is 2.36 bits per heavy atom. The number of hydrogen-bond donors (Lipinski definition) is 1. The van der Waals surface area contributed by atoms with Crippen LogP contribution in [0.3, 0.4) is 0 Å². The topological polar surface area (TPSA) is 88.4 Å². The lowest BCUT2D eigenvalue weighted by Crippen LogP contribution is -2.48. The molecule has 2 rings (SSSR count). The molecule has 0 bridgehead atoms. The Hall–Kier alpha value is -2.18. The summed E-state index contributed by atoms with van der Waals surface area (Å²) in [7, 11) is 0. The van der Waals surface area contributed by atoms with Crippen molar-refractivity contribution < 1.29 is 9.72 Å². The second kappa shape index (κ2) is 7.20. The number of carbonyl (C=O) groups excluding carboxylic acids is 1. The highest BCUT2D eigenvalue weighted by Crippen LogP contribution is 2.23. The average Bonchev–Trinajstić information content (AvgIpc) is 2.47. The third-order valence-electron chi connectivity index (χ3n) is 3.85. The third kappa shape index (κ3) is 3.93. The fraction of sp³-hybridized carbons (Fsp3) is 0.600. The van der Waals surface area contributed by atoms with Crippen LogP contribution in [0.15, 0.2) is 12.3 Å². The maximum atomic E-state index is 11.7. The van der Waals surface area contributed by atoms with Crippen molar-refractivity contribution in [2.45, 2.75) is 45.6 Å². The summed E-state index contributed by atoms with van der Waals surface area (Å²) in [6, 6.07) is 1.86. The van der Waals surface area contributed by atoms with Crippen LogP contribution in [-0.2, 0) is 4.79 Å². The zero-order chi connectivity index (χ0) is 16.1. The van der Waals surface area contributed by atoms with Gasteiger partial charge in [0.15, 0.2) is 0 Å². The van der Waals surface area contributed by atoms with Crippen molar-refractivity contribution in [1.29, 1.82) is 0 Å². The highest BCUT2D eigenvalue weighted by Gasteiger charge is 2.23. The van der Waals surface area contributed by atoms with Gasteiger partial charge in [0, 0.05) is 31.1 Å². The molecular weight excluding hydrogens is 284 g/mol. The summed E-state index contributed by atoms with van der Waals surface area (Å²) >= 11 is 0. The summed E-state index contributed by atoms with van der Waals surface area (Å²) in [5, 5.41) is 13.9. The molecule has 0 aromatic carbocycles. The molecule has 120 valence electrons. The van der Waals surface area contributed by atoms with E-state index in [0.29, 0.717) is 18.5 Å². The molecule has 2 heterocycles. The number of nitrogens with one attached hydrogen (secondary N) is 1. The van der Waals surface area contributed by atoms with E-state index in [9.17, 15) is 14.9 Å². The van der Waals surface area contributed by atoms with Crippen LogP contribution in [0.25, 0.3) is 0 Å².